The molecule has 6 nitrogen and oxygen atoms in total. The van der Waals surface area contributed by atoms with Crippen LogP contribution in [0.15, 0.2) is 41.9 Å². The lowest BCUT2D eigenvalue weighted by Crippen LogP contribution is -2.53. The number of aromatic nitrogens is 1. The van der Waals surface area contributed by atoms with Crippen molar-refractivity contribution in [1.29, 1.82) is 0 Å². The number of likely N-dealkylation sites (tertiary alicyclic amines) is 1. The van der Waals surface area contributed by atoms with Gasteiger partial charge in [0, 0.05) is 31.6 Å². The molecule has 7 heteroatoms. The molecule has 0 aliphatic carbocycles. The fraction of sp³-hybridized carbons (Fsp3) is 0.389. The van der Waals surface area contributed by atoms with Gasteiger partial charge in [-0.2, -0.15) is 0 Å². The molecule has 25 heavy (non-hydrogen) atoms. The third-order valence-electron chi connectivity index (χ3n) is 4.50. The van der Waals surface area contributed by atoms with Crippen molar-refractivity contribution in [3.8, 4) is 0 Å². The number of carbonyl (C=O) groups excluding carboxylic acids is 2. The van der Waals surface area contributed by atoms with Crippen molar-refractivity contribution in [1.82, 2.24) is 15.2 Å². The number of nitrogens with one attached hydrogen (secondary N) is 2. The number of hydrogen-bond acceptors (Lipinski definition) is 5. The Labute approximate surface area is 151 Å². The zero-order chi connectivity index (χ0) is 17.7. The van der Waals surface area contributed by atoms with E-state index in [2.05, 4.69) is 32.7 Å². The second-order valence-electron chi connectivity index (χ2n) is 6.29. The van der Waals surface area contributed by atoms with Gasteiger partial charge in [-0.05, 0) is 18.4 Å². The first kappa shape index (κ1) is 17.6. The van der Waals surface area contributed by atoms with Crippen LogP contribution in [0.1, 0.15) is 25.3 Å². The van der Waals surface area contributed by atoms with E-state index < -0.39 is 0 Å². The first-order valence-electron chi connectivity index (χ1n) is 8.33. The Morgan fingerprint density at radius 2 is 1.96 bits per heavy atom. The average molecular weight is 358 g/mol. The topological polar surface area (TPSA) is 74.3 Å². The van der Waals surface area contributed by atoms with Crippen LogP contribution in [0.2, 0.25) is 0 Å². The normalized spacial score (nSPS) is 17.0. The third kappa shape index (κ3) is 4.43. The van der Waals surface area contributed by atoms with Crippen molar-refractivity contribution in [2.24, 2.45) is 0 Å². The van der Waals surface area contributed by atoms with E-state index in [4.69, 9.17) is 0 Å². The minimum absolute atomic E-state index is 0.0289. The molecular formula is C18H22N4O2S. The molecule has 1 aliphatic heterocycles. The van der Waals surface area contributed by atoms with E-state index in [1.165, 1.54) is 11.3 Å². The maximum atomic E-state index is 12.1. The lowest BCUT2D eigenvalue weighted by Gasteiger charge is -2.42. The summed E-state index contributed by atoms with van der Waals surface area (Å²) in [7, 11) is 0. The predicted octanol–water partition coefficient (Wildman–Crippen LogP) is 2.21. The van der Waals surface area contributed by atoms with E-state index in [9.17, 15) is 9.59 Å². The molecule has 0 bridgehead atoms. The average Bonchev–Trinajstić information content (AvgIpc) is 3.10. The molecule has 1 aromatic carbocycles. The molecule has 1 fully saturated rings. The Balaban J connectivity index is 1.62. The Bertz CT molecular complexity index is 710. The molecule has 1 aromatic heterocycles. The molecule has 3 rings (SSSR count). The number of anilines is 1. The SMILES string of the molecule is CC(=O)NC1(c2ccccc2)CCN(CC(=O)Nc2nccs2)CC1. The molecule has 1 aliphatic rings. The maximum Gasteiger partial charge on any atom is 0.240 e. The molecule has 1 saturated heterocycles. The number of benzene rings is 1. The maximum absolute atomic E-state index is 12.1. The van der Waals surface area contributed by atoms with Crippen LogP contribution in [-0.2, 0) is 15.1 Å². The van der Waals surface area contributed by atoms with Crippen LogP contribution >= 0.6 is 11.3 Å². The minimum Gasteiger partial charge on any atom is -0.347 e. The summed E-state index contributed by atoms with van der Waals surface area (Å²) in [4.78, 5) is 30.0. The van der Waals surface area contributed by atoms with E-state index in [1.807, 2.05) is 23.6 Å². The van der Waals surface area contributed by atoms with Gasteiger partial charge in [-0.3, -0.25) is 14.5 Å². The number of carbonyl (C=O) groups is 2. The Morgan fingerprint density at radius 3 is 2.56 bits per heavy atom. The molecule has 0 atom stereocenters. The summed E-state index contributed by atoms with van der Waals surface area (Å²) >= 11 is 1.41. The molecule has 0 radical (unpaired) electrons. The molecule has 2 amide bonds. The standard InChI is InChI=1S/C18H22N4O2S/c1-14(23)21-18(15-5-3-2-4-6-15)7-10-22(11-8-18)13-16(24)20-17-19-9-12-25-17/h2-6,9,12H,7-8,10-11,13H2,1H3,(H,21,23)(H,19,20,24). The van der Waals surface area contributed by atoms with Gasteiger partial charge in [-0.25, -0.2) is 4.98 Å². The van der Waals surface area contributed by atoms with Crippen LogP contribution in [0.5, 0.6) is 0 Å². The zero-order valence-corrected chi connectivity index (χ0v) is 15.0. The number of amides is 2. The van der Waals surface area contributed by atoms with Crippen LogP contribution in [0.3, 0.4) is 0 Å². The number of thiazole rings is 1. The van der Waals surface area contributed by atoms with Crippen molar-refractivity contribution < 1.29 is 9.59 Å². The van der Waals surface area contributed by atoms with Gasteiger partial charge in [-0.1, -0.05) is 30.3 Å². The van der Waals surface area contributed by atoms with Crippen molar-refractivity contribution in [3.63, 3.8) is 0 Å². The Hall–Kier alpha value is -2.25. The fourth-order valence-electron chi connectivity index (χ4n) is 3.32. The van der Waals surface area contributed by atoms with Crippen molar-refractivity contribution in [2.45, 2.75) is 25.3 Å². The molecule has 0 saturated carbocycles. The third-order valence-corrected chi connectivity index (χ3v) is 5.19. The van der Waals surface area contributed by atoms with Crippen LogP contribution in [0.25, 0.3) is 0 Å². The first-order chi connectivity index (χ1) is 12.1. The fourth-order valence-corrected chi connectivity index (χ4v) is 3.87. The second-order valence-corrected chi connectivity index (χ2v) is 7.19. The molecule has 0 unspecified atom stereocenters. The van der Waals surface area contributed by atoms with Gasteiger partial charge >= 0.3 is 0 Å². The number of nitrogens with zero attached hydrogens (tertiary/aromatic N) is 2. The zero-order valence-electron chi connectivity index (χ0n) is 14.2. The smallest absolute Gasteiger partial charge is 0.240 e. The lowest BCUT2D eigenvalue weighted by molar-refractivity contribution is -0.122. The van der Waals surface area contributed by atoms with E-state index >= 15 is 0 Å². The highest BCUT2D eigenvalue weighted by atomic mass is 32.1. The van der Waals surface area contributed by atoms with Crippen LogP contribution in [-0.4, -0.2) is 41.3 Å². The highest BCUT2D eigenvalue weighted by Gasteiger charge is 2.37. The molecule has 2 N–H and O–H groups in total. The highest BCUT2D eigenvalue weighted by molar-refractivity contribution is 7.13. The van der Waals surface area contributed by atoms with Gasteiger partial charge in [0.2, 0.25) is 11.8 Å². The summed E-state index contributed by atoms with van der Waals surface area (Å²) < 4.78 is 0. The van der Waals surface area contributed by atoms with Crippen LogP contribution < -0.4 is 10.6 Å². The summed E-state index contributed by atoms with van der Waals surface area (Å²) in [6.07, 6.45) is 3.23. The number of rotatable bonds is 5. The van der Waals surface area contributed by atoms with E-state index in [1.54, 1.807) is 13.1 Å². The lowest BCUT2D eigenvalue weighted by atomic mass is 9.80. The molecule has 0 spiro atoms. The highest BCUT2D eigenvalue weighted by Crippen LogP contribution is 2.32. The van der Waals surface area contributed by atoms with Gasteiger partial charge in [0.1, 0.15) is 0 Å². The molecule has 132 valence electrons. The van der Waals surface area contributed by atoms with Gasteiger partial charge in [-0.15, -0.1) is 11.3 Å². The van der Waals surface area contributed by atoms with Crippen LogP contribution in [0, 0.1) is 0 Å². The van der Waals surface area contributed by atoms with Gasteiger partial charge in [0.05, 0.1) is 12.1 Å². The summed E-state index contributed by atoms with van der Waals surface area (Å²) in [5, 5.41) is 8.41. The Kier molecular flexibility index (Phi) is 5.45. The Morgan fingerprint density at radius 1 is 1.24 bits per heavy atom. The first-order valence-corrected chi connectivity index (χ1v) is 9.21. The van der Waals surface area contributed by atoms with Crippen molar-refractivity contribution >= 4 is 28.3 Å². The molecule has 2 heterocycles. The van der Waals surface area contributed by atoms with Gasteiger partial charge in [0.15, 0.2) is 5.13 Å². The van der Waals surface area contributed by atoms with Gasteiger partial charge in [0.25, 0.3) is 0 Å². The molecule has 2 aromatic rings. The summed E-state index contributed by atoms with van der Waals surface area (Å²) in [6.45, 7) is 3.39. The summed E-state index contributed by atoms with van der Waals surface area (Å²) in [5.74, 6) is -0.0829. The monoisotopic (exact) mass is 358 g/mol. The quantitative estimate of drug-likeness (QED) is 0.859. The predicted molar refractivity (Wildman–Crippen MR) is 98.4 cm³/mol. The van der Waals surface area contributed by atoms with Crippen molar-refractivity contribution in [2.75, 3.05) is 25.0 Å². The number of piperidine rings is 1. The largest absolute Gasteiger partial charge is 0.347 e. The summed E-state index contributed by atoms with van der Waals surface area (Å²) in [6, 6.07) is 10.1. The van der Waals surface area contributed by atoms with E-state index in [-0.39, 0.29) is 17.4 Å². The van der Waals surface area contributed by atoms with Crippen molar-refractivity contribution in [3.05, 3.63) is 47.5 Å². The van der Waals surface area contributed by atoms with Crippen LogP contribution in [0.4, 0.5) is 5.13 Å². The molecular weight excluding hydrogens is 336 g/mol. The minimum atomic E-state index is -0.352. The van der Waals surface area contributed by atoms with E-state index in [0.29, 0.717) is 11.7 Å². The van der Waals surface area contributed by atoms with E-state index in [0.717, 1.165) is 31.5 Å². The summed E-state index contributed by atoms with van der Waals surface area (Å²) in [5.41, 5.74) is 0.770. The second kappa shape index (κ2) is 7.76. The number of hydrogen-bond donors (Lipinski definition) is 2. The van der Waals surface area contributed by atoms with Gasteiger partial charge < -0.3 is 10.6 Å².